The molecular weight excluding hydrogens is 207 g/mol. The van der Waals surface area contributed by atoms with Gasteiger partial charge in [0, 0.05) is 0 Å². The molecule has 0 amide bonds. The summed E-state index contributed by atoms with van der Waals surface area (Å²) in [6.07, 6.45) is 1.42. The van der Waals surface area contributed by atoms with Crippen molar-refractivity contribution < 1.29 is 3.89 Å². The minimum atomic E-state index is 0.140. The number of nitrogens with zero attached hydrogens (tertiary/aromatic N) is 2. The molecule has 1 aromatic rings. The van der Waals surface area contributed by atoms with Crippen molar-refractivity contribution in [1.82, 2.24) is 8.96 Å². The van der Waals surface area contributed by atoms with E-state index in [9.17, 15) is 3.89 Å². The molecule has 0 saturated heterocycles. The molecule has 1 heterocycles. The van der Waals surface area contributed by atoms with Crippen molar-refractivity contribution in [3.8, 4) is 0 Å². The summed E-state index contributed by atoms with van der Waals surface area (Å²) >= 11 is 3.29. The van der Waals surface area contributed by atoms with Crippen molar-refractivity contribution >= 4 is 28.3 Å². The summed E-state index contributed by atoms with van der Waals surface area (Å²) < 4.78 is 13.8. The number of hydrogen-bond acceptors (Lipinski definition) is 2. The van der Waals surface area contributed by atoms with Crippen molar-refractivity contribution in [2.75, 3.05) is 0 Å². The Kier molecular flexibility index (Phi) is 2.13. The number of imidazole rings is 1. The fourth-order valence-electron chi connectivity index (χ4n) is 0.444. The van der Waals surface area contributed by atoms with E-state index < -0.39 is 0 Å². The summed E-state index contributed by atoms with van der Waals surface area (Å²) in [6, 6.07) is 0. The van der Waals surface area contributed by atoms with E-state index in [1.807, 2.05) is 0 Å². The van der Waals surface area contributed by atoms with Gasteiger partial charge < -0.3 is 0 Å². The highest BCUT2D eigenvalue weighted by Gasteiger charge is 2.01. The molecule has 1 rings (SSSR count). The first kappa shape index (κ1) is 7.08. The Balaban J connectivity index is 3.04. The molecule has 0 N–H and O–H groups in total. The third-order valence-electron chi connectivity index (χ3n) is 0.979. The van der Waals surface area contributed by atoms with Gasteiger partial charge in [0.15, 0.2) is 12.3 Å². The monoisotopic (exact) mass is 210 g/mol. The summed E-state index contributed by atoms with van der Waals surface area (Å²) in [5, 5.41) is 0. The Morgan fingerprint density at radius 3 is 2.78 bits per heavy atom. The first-order valence-corrected chi connectivity index (χ1v) is 3.71. The van der Waals surface area contributed by atoms with Crippen molar-refractivity contribution in [1.29, 1.82) is 0 Å². The molecular formula is C4H4BrFN2S. The molecule has 0 radical (unpaired) electrons. The number of rotatable bonds is 1. The SMILES string of the molecule is Cc1c(Br)ncn1SF. The standard InChI is InChI=1S/C4H4BrFN2S/c1-3-4(5)7-2-8(3)9-6/h2H,1H3. The van der Waals surface area contributed by atoms with E-state index in [1.165, 1.54) is 10.3 Å². The predicted octanol–water partition coefficient (Wildman–Crippen LogP) is 2.33. The molecule has 0 aliphatic carbocycles. The summed E-state index contributed by atoms with van der Waals surface area (Å²) in [5.41, 5.74) is 0.780. The van der Waals surface area contributed by atoms with Crippen LogP contribution in [0, 0.1) is 6.92 Å². The molecule has 0 aliphatic heterocycles. The fraction of sp³-hybridized carbons (Fsp3) is 0.250. The van der Waals surface area contributed by atoms with Crippen LogP contribution in [0.25, 0.3) is 0 Å². The molecule has 0 bridgehead atoms. The zero-order chi connectivity index (χ0) is 6.85. The van der Waals surface area contributed by atoms with Gasteiger partial charge in [0.1, 0.15) is 10.9 Å². The van der Waals surface area contributed by atoms with Crippen LogP contribution in [0.1, 0.15) is 5.69 Å². The van der Waals surface area contributed by atoms with E-state index in [0.29, 0.717) is 4.60 Å². The summed E-state index contributed by atoms with van der Waals surface area (Å²) in [4.78, 5) is 3.81. The molecule has 0 unspecified atom stereocenters. The van der Waals surface area contributed by atoms with Gasteiger partial charge in [-0.3, -0.25) is 0 Å². The second kappa shape index (κ2) is 2.70. The molecule has 1 aromatic heterocycles. The third-order valence-corrected chi connectivity index (χ3v) is 2.27. The van der Waals surface area contributed by atoms with Gasteiger partial charge in [-0.15, -0.1) is 3.89 Å². The van der Waals surface area contributed by atoms with E-state index in [-0.39, 0.29) is 12.3 Å². The van der Waals surface area contributed by atoms with Crippen molar-refractivity contribution in [2.45, 2.75) is 6.92 Å². The molecule has 0 aromatic carbocycles. The molecule has 9 heavy (non-hydrogen) atoms. The van der Waals surface area contributed by atoms with Gasteiger partial charge in [-0.1, -0.05) is 0 Å². The quantitative estimate of drug-likeness (QED) is 0.709. The number of halogens is 2. The maximum atomic E-state index is 11.8. The average molecular weight is 211 g/mol. The van der Waals surface area contributed by atoms with E-state index in [2.05, 4.69) is 20.9 Å². The predicted molar refractivity (Wildman–Crippen MR) is 38.8 cm³/mol. The maximum Gasteiger partial charge on any atom is 0.170 e. The molecule has 2 nitrogen and oxygen atoms in total. The minimum absolute atomic E-state index is 0.140. The summed E-state index contributed by atoms with van der Waals surface area (Å²) in [5.74, 6) is 0. The number of aromatic nitrogens is 2. The maximum absolute atomic E-state index is 11.8. The second-order valence-electron chi connectivity index (χ2n) is 1.52. The van der Waals surface area contributed by atoms with Crippen LogP contribution >= 0.6 is 28.3 Å². The Labute approximate surface area is 65.0 Å². The van der Waals surface area contributed by atoms with Crippen LogP contribution in [0.15, 0.2) is 10.9 Å². The van der Waals surface area contributed by atoms with Crippen LogP contribution in [0.3, 0.4) is 0 Å². The molecule has 0 spiro atoms. The van der Waals surface area contributed by atoms with E-state index in [1.54, 1.807) is 6.92 Å². The van der Waals surface area contributed by atoms with Gasteiger partial charge >= 0.3 is 0 Å². The first-order chi connectivity index (χ1) is 4.25. The van der Waals surface area contributed by atoms with Crippen molar-refractivity contribution in [2.24, 2.45) is 0 Å². The Morgan fingerprint density at radius 2 is 2.56 bits per heavy atom. The van der Waals surface area contributed by atoms with Crippen molar-refractivity contribution in [3.63, 3.8) is 0 Å². The molecule has 0 aliphatic rings. The van der Waals surface area contributed by atoms with Gasteiger partial charge in [0.05, 0.1) is 5.69 Å². The van der Waals surface area contributed by atoms with Gasteiger partial charge in [-0.2, -0.15) is 0 Å². The topological polar surface area (TPSA) is 17.8 Å². The molecule has 0 saturated carbocycles. The lowest BCUT2D eigenvalue weighted by Gasteiger charge is -1.91. The molecule has 5 heteroatoms. The van der Waals surface area contributed by atoms with E-state index in [0.717, 1.165) is 5.69 Å². The molecule has 0 fully saturated rings. The first-order valence-electron chi connectivity index (χ1n) is 2.24. The minimum Gasteiger partial charge on any atom is -0.249 e. The second-order valence-corrected chi connectivity index (χ2v) is 2.80. The summed E-state index contributed by atoms with van der Waals surface area (Å²) in [6.45, 7) is 1.78. The normalized spacial score (nSPS) is 10.1. The Bertz CT molecular complexity index is 212. The van der Waals surface area contributed by atoms with Crippen molar-refractivity contribution in [3.05, 3.63) is 16.6 Å². The van der Waals surface area contributed by atoms with Crippen LogP contribution in [0.4, 0.5) is 3.89 Å². The lowest BCUT2D eigenvalue weighted by Crippen LogP contribution is -1.81. The van der Waals surface area contributed by atoms with Crippen LogP contribution in [-0.2, 0) is 0 Å². The van der Waals surface area contributed by atoms with Crippen LogP contribution in [-0.4, -0.2) is 8.96 Å². The fourth-order valence-corrected chi connectivity index (χ4v) is 1.12. The van der Waals surface area contributed by atoms with Crippen LogP contribution in [0.2, 0.25) is 0 Å². The lowest BCUT2D eigenvalue weighted by atomic mass is 10.6. The largest absolute Gasteiger partial charge is 0.249 e. The highest BCUT2D eigenvalue weighted by atomic mass is 79.9. The smallest absolute Gasteiger partial charge is 0.170 e. The van der Waals surface area contributed by atoms with Gasteiger partial charge in [0.25, 0.3) is 0 Å². The average Bonchev–Trinajstić information content (AvgIpc) is 2.15. The number of hydrogen-bond donors (Lipinski definition) is 0. The zero-order valence-electron chi connectivity index (χ0n) is 4.64. The highest BCUT2D eigenvalue weighted by Crippen LogP contribution is 2.18. The molecule has 50 valence electrons. The summed E-state index contributed by atoms with van der Waals surface area (Å²) in [7, 11) is 0. The van der Waals surface area contributed by atoms with Gasteiger partial charge in [-0.25, -0.2) is 8.96 Å². The Hall–Kier alpha value is -0.0300. The van der Waals surface area contributed by atoms with Crippen LogP contribution < -0.4 is 0 Å². The van der Waals surface area contributed by atoms with E-state index in [4.69, 9.17) is 0 Å². The van der Waals surface area contributed by atoms with Gasteiger partial charge in [0.2, 0.25) is 0 Å². The third kappa shape index (κ3) is 1.27. The molecule has 0 atom stereocenters. The zero-order valence-corrected chi connectivity index (χ0v) is 7.04. The van der Waals surface area contributed by atoms with Crippen LogP contribution in [0.5, 0.6) is 0 Å². The lowest BCUT2D eigenvalue weighted by molar-refractivity contribution is 0.909. The Morgan fingerprint density at radius 1 is 1.89 bits per heavy atom. The van der Waals surface area contributed by atoms with E-state index >= 15 is 0 Å². The van der Waals surface area contributed by atoms with Gasteiger partial charge in [-0.05, 0) is 22.9 Å². The highest BCUT2D eigenvalue weighted by molar-refractivity contribution is 9.10.